The van der Waals surface area contributed by atoms with E-state index in [4.69, 9.17) is 5.11 Å². The van der Waals surface area contributed by atoms with Gasteiger partial charge in [0.15, 0.2) is 0 Å². The third-order valence-corrected chi connectivity index (χ3v) is 3.19. The van der Waals surface area contributed by atoms with E-state index in [-0.39, 0.29) is 18.6 Å². The van der Waals surface area contributed by atoms with Gasteiger partial charge in [-0.1, -0.05) is 6.07 Å². The minimum absolute atomic E-state index is 0.0805. The highest BCUT2D eigenvalue weighted by molar-refractivity contribution is 5.77. The minimum atomic E-state index is 0.0805. The van der Waals surface area contributed by atoms with E-state index in [0.29, 0.717) is 12.8 Å². The van der Waals surface area contributed by atoms with Crippen molar-refractivity contribution in [3.05, 3.63) is 30.1 Å². The maximum atomic E-state index is 12.0. The van der Waals surface area contributed by atoms with E-state index in [1.54, 1.807) is 6.20 Å². The average molecular weight is 234 g/mol. The molecule has 1 N–H and O–H groups in total. The molecule has 0 aliphatic carbocycles. The van der Waals surface area contributed by atoms with Crippen molar-refractivity contribution in [3.63, 3.8) is 0 Å². The second kappa shape index (κ2) is 5.77. The molecule has 1 aliphatic rings. The van der Waals surface area contributed by atoms with E-state index < -0.39 is 0 Å². The summed E-state index contributed by atoms with van der Waals surface area (Å²) in [6, 6.07) is 4.11. The van der Waals surface area contributed by atoms with E-state index >= 15 is 0 Å². The van der Waals surface area contributed by atoms with Crippen molar-refractivity contribution in [1.82, 2.24) is 9.88 Å². The molecule has 1 fully saturated rings. The van der Waals surface area contributed by atoms with Crippen LogP contribution in [0.2, 0.25) is 0 Å². The van der Waals surface area contributed by atoms with Crippen molar-refractivity contribution in [1.29, 1.82) is 0 Å². The number of nitrogens with zero attached hydrogens (tertiary/aromatic N) is 2. The lowest BCUT2D eigenvalue weighted by Gasteiger charge is -2.24. The number of aliphatic hydroxyl groups is 1. The maximum absolute atomic E-state index is 12.0. The Morgan fingerprint density at radius 1 is 1.59 bits per heavy atom. The van der Waals surface area contributed by atoms with Gasteiger partial charge in [0.25, 0.3) is 0 Å². The van der Waals surface area contributed by atoms with Crippen molar-refractivity contribution < 1.29 is 9.90 Å². The first-order valence-corrected chi connectivity index (χ1v) is 6.13. The van der Waals surface area contributed by atoms with Crippen molar-refractivity contribution >= 4 is 5.91 Å². The quantitative estimate of drug-likeness (QED) is 0.859. The van der Waals surface area contributed by atoms with Crippen LogP contribution in [0.1, 0.15) is 37.3 Å². The van der Waals surface area contributed by atoms with Crippen LogP contribution in [0.25, 0.3) is 0 Å². The Hall–Kier alpha value is -1.42. The molecule has 0 saturated carbocycles. The summed E-state index contributed by atoms with van der Waals surface area (Å²) >= 11 is 0. The molecule has 0 radical (unpaired) electrons. The molecule has 0 bridgehead atoms. The van der Waals surface area contributed by atoms with E-state index in [1.165, 1.54) is 0 Å². The first-order chi connectivity index (χ1) is 8.33. The van der Waals surface area contributed by atoms with Gasteiger partial charge in [-0.05, 0) is 30.9 Å². The first-order valence-electron chi connectivity index (χ1n) is 6.13. The van der Waals surface area contributed by atoms with Crippen LogP contribution in [0.4, 0.5) is 0 Å². The summed E-state index contributed by atoms with van der Waals surface area (Å²) in [5, 5.41) is 8.76. The SMILES string of the molecule is O=C(CCCO)N1CCCC1c1cccnc1. The molecule has 92 valence electrons. The molecule has 1 unspecified atom stereocenters. The van der Waals surface area contributed by atoms with Crippen LogP contribution in [0.3, 0.4) is 0 Å². The topological polar surface area (TPSA) is 53.4 Å². The minimum Gasteiger partial charge on any atom is -0.396 e. The summed E-state index contributed by atoms with van der Waals surface area (Å²) in [6.45, 7) is 0.904. The largest absolute Gasteiger partial charge is 0.396 e. The summed E-state index contributed by atoms with van der Waals surface area (Å²) in [5.74, 6) is 0.144. The molecular weight excluding hydrogens is 216 g/mol. The molecule has 4 nitrogen and oxygen atoms in total. The molecular formula is C13H18N2O2. The molecule has 1 saturated heterocycles. The Bertz CT molecular complexity index is 367. The van der Waals surface area contributed by atoms with Crippen LogP contribution in [0, 0.1) is 0 Å². The van der Waals surface area contributed by atoms with Gasteiger partial charge >= 0.3 is 0 Å². The molecule has 0 aromatic carbocycles. The smallest absolute Gasteiger partial charge is 0.223 e. The molecule has 4 heteroatoms. The lowest BCUT2D eigenvalue weighted by Crippen LogP contribution is -2.30. The van der Waals surface area contributed by atoms with Gasteiger partial charge in [-0.25, -0.2) is 0 Å². The highest BCUT2D eigenvalue weighted by atomic mass is 16.3. The van der Waals surface area contributed by atoms with Crippen molar-refractivity contribution in [2.75, 3.05) is 13.2 Å². The van der Waals surface area contributed by atoms with Crippen LogP contribution < -0.4 is 0 Å². The zero-order chi connectivity index (χ0) is 12.1. The van der Waals surface area contributed by atoms with Crippen LogP contribution in [0.15, 0.2) is 24.5 Å². The molecule has 1 amide bonds. The van der Waals surface area contributed by atoms with Gasteiger partial charge in [0, 0.05) is 32.0 Å². The fourth-order valence-corrected chi connectivity index (χ4v) is 2.36. The highest BCUT2D eigenvalue weighted by Crippen LogP contribution is 2.31. The summed E-state index contributed by atoms with van der Waals surface area (Å²) in [4.78, 5) is 18.0. The number of carbonyl (C=O) groups excluding carboxylic acids is 1. The van der Waals surface area contributed by atoms with Crippen LogP contribution in [0.5, 0.6) is 0 Å². The molecule has 2 rings (SSSR count). The third kappa shape index (κ3) is 2.82. The monoisotopic (exact) mass is 234 g/mol. The lowest BCUT2D eigenvalue weighted by molar-refractivity contribution is -0.132. The predicted octanol–water partition coefficient (Wildman–Crippen LogP) is 1.52. The maximum Gasteiger partial charge on any atom is 0.223 e. The van der Waals surface area contributed by atoms with Gasteiger partial charge < -0.3 is 10.0 Å². The number of aromatic nitrogens is 1. The Balaban J connectivity index is 2.05. The molecule has 1 aromatic rings. The zero-order valence-electron chi connectivity index (χ0n) is 9.88. The average Bonchev–Trinajstić information content (AvgIpc) is 2.86. The summed E-state index contributed by atoms with van der Waals surface area (Å²) in [5.41, 5.74) is 1.11. The Kier molecular flexibility index (Phi) is 4.09. The Morgan fingerprint density at radius 2 is 2.47 bits per heavy atom. The van der Waals surface area contributed by atoms with Crippen LogP contribution in [-0.4, -0.2) is 34.0 Å². The van der Waals surface area contributed by atoms with Crippen LogP contribution >= 0.6 is 0 Å². The number of aliphatic hydroxyl groups excluding tert-OH is 1. The summed E-state index contributed by atoms with van der Waals surface area (Å²) in [6.07, 6.45) is 6.63. The lowest BCUT2D eigenvalue weighted by atomic mass is 10.1. The zero-order valence-corrected chi connectivity index (χ0v) is 9.88. The predicted molar refractivity (Wildman–Crippen MR) is 64.2 cm³/mol. The van der Waals surface area contributed by atoms with Gasteiger partial charge in [-0.15, -0.1) is 0 Å². The van der Waals surface area contributed by atoms with Crippen LogP contribution in [-0.2, 0) is 4.79 Å². The third-order valence-electron chi connectivity index (χ3n) is 3.19. The molecule has 1 aliphatic heterocycles. The van der Waals surface area contributed by atoms with Gasteiger partial charge in [-0.3, -0.25) is 9.78 Å². The number of amides is 1. The standard InChI is InChI=1S/C13H18N2O2/c16-9-3-6-13(17)15-8-2-5-12(15)11-4-1-7-14-10-11/h1,4,7,10,12,16H,2-3,5-6,8-9H2. The molecule has 17 heavy (non-hydrogen) atoms. The number of carbonyl (C=O) groups is 1. The van der Waals surface area contributed by atoms with Crippen molar-refractivity contribution in [2.45, 2.75) is 31.7 Å². The number of rotatable bonds is 4. The summed E-state index contributed by atoms with van der Waals surface area (Å²) in [7, 11) is 0. The van der Waals surface area contributed by atoms with E-state index in [9.17, 15) is 4.79 Å². The Morgan fingerprint density at radius 3 is 3.18 bits per heavy atom. The van der Waals surface area contributed by atoms with Crippen molar-refractivity contribution in [3.8, 4) is 0 Å². The number of hydrogen-bond donors (Lipinski definition) is 1. The highest BCUT2D eigenvalue weighted by Gasteiger charge is 2.29. The number of pyridine rings is 1. The van der Waals surface area contributed by atoms with Gasteiger partial charge in [0.1, 0.15) is 0 Å². The van der Waals surface area contributed by atoms with E-state index in [1.807, 2.05) is 23.2 Å². The second-order valence-electron chi connectivity index (χ2n) is 4.36. The van der Waals surface area contributed by atoms with Crippen molar-refractivity contribution in [2.24, 2.45) is 0 Å². The van der Waals surface area contributed by atoms with Gasteiger partial charge in [0.05, 0.1) is 6.04 Å². The number of hydrogen-bond acceptors (Lipinski definition) is 3. The fraction of sp³-hybridized carbons (Fsp3) is 0.538. The Labute approximate surface area is 101 Å². The molecule has 1 aromatic heterocycles. The molecule has 1 atom stereocenters. The summed E-state index contributed by atoms with van der Waals surface area (Å²) < 4.78 is 0. The molecule has 2 heterocycles. The number of likely N-dealkylation sites (tertiary alicyclic amines) is 1. The first kappa shape index (κ1) is 12.0. The fourth-order valence-electron chi connectivity index (χ4n) is 2.36. The van der Waals surface area contributed by atoms with Gasteiger partial charge in [-0.2, -0.15) is 0 Å². The second-order valence-corrected chi connectivity index (χ2v) is 4.36. The van der Waals surface area contributed by atoms with Gasteiger partial charge in [0.2, 0.25) is 5.91 Å². The van der Waals surface area contributed by atoms with E-state index in [0.717, 1.165) is 24.9 Å². The van der Waals surface area contributed by atoms with E-state index in [2.05, 4.69) is 4.98 Å². The molecule has 0 spiro atoms. The normalized spacial score (nSPS) is 19.6.